The van der Waals surface area contributed by atoms with E-state index in [4.69, 9.17) is 0 Å². The molecule has 11 heavy (non-hydrogen) atoms. The smallest absolute Gasteiger partial charge is 0.0652 e. The van der Waals surface area contributed by atoms with Crippen LogP contribution < -0.4 is 5.32 Å². The Morgan fingerprint density at radius 2 is 2.64 bits per heavy atom. The van der Waals surface area contributed by atoms with Gasteiger partial charge in [0.05, 0.1) is 11.7 Å². The number of pyridine rings is 1. The first-order valence-corrected chi connectivity index (χ1v) is 4.03. The Morgan fingerprint density at radius 1 is 1.64 bits per heavy atom. The highest BCUT2D eigenvalue weighted by atomic mass is 15.0. The van der Waals surface area contributed by atoms with E-state index in [0.29, 0.717) is 6.04 Å². The maximum Gasteiger partial charge on any atom is 0.0652 e. The zero-order valence-electron chi connectivity index (χ0n) is 6.38. The van der Waals surface area contributed by atoms with Gasteiger partial charge in [-0.2, -0.15) is 0 Å². The Labute approximate surface area is 66.7 Å². The maximum atomic E-state index is 4.24. The minimum atomic E-state index is 0.455. The Bertz CT molecular complexity index is 214. The SMILES string of the molecule is [c]1cccnc1C1CCCN1. The molecule has 1 saturated heterocycles. The minimum absolute atomic E-state index is 0.455. The Morgan fingerprint density at radius 3 is 3.27 bits per heavy atom. The summed E-state index contributed by atoms with van der Waals surface area (Å²) in [5.74, 6) is 0. The first kappa shape index (κ1) is 6.80. The topological polar surface area (TPSA) is 24.9 Å². The molecule has 2 heterocycles. The third kappa shape index (κ3) is 1.40. The standard InChI is InChI=1S/C9H11N2/c1-2-6-10-8(4-1)9-5-3-7-11-9/h1-2,6,9,11H,3,5,7H2. The molecule has 1 aromatic rings. The van der Waals surface area contributed by atoms with Gasteiger partial charge in [-0.05, 0) is 25.5 Å². The van der Waals surface area contributed by atoms with Gasteiger partial charge in [0.15, 0.2) is 0 Å². The van der Waals surface area contributed by atoms with E-state index in [2.05, 4.69) is 16.4 Å². The fraction of sp³-hybridized carbons (Fsp3) is 0.444. The molecule has 1 aromatic heterocycles. The monoisotopic (exact) mass is 147 g/mol. The quantitative estimate of drug-likeness (QED) is 0.647. The van der Waals surface area contributed by atoms with Crippen molar-refractivity contribution in [2.75, 3.05) is 6.54 Å². The predicted octanol–water partition coefficient (Wildman–Crippen LogP) is 1.31. The van der Waals surface area contributed by atoms with Gasteiger partial charge in [0.2, 0.25) is 0 Å². The van der Waals surface area contributed by atoms with Gasteiger partial charge in [0.25, 0.3) is 0 Å². The summed E-state index contributed by atoms with van der Waals surface area (Å²) in [5.41, 5.74) is 1.06. The highest BCUT2D eigenvalue weighted by Crippen LogP contribution is 2.19. The summed E-state index contributed by atoms with van der Waals surface area (Å²) in [5, 5.41) is 3.38. The molecular weight excluding hydrogens is 136 g/mol. The van der Waals surface area contributed by atoms with E-state index in [-0.39, 0.29) is 0 Å². The summed E-state index contributed by atoms with van der Waals surface area (Å²) < 4.78 is 0. The fourth-order valence-electron chi connectivity index (χ4n) is 1.45. The van der Waals surface area contributed by atoms with E-state index in [0.717, 1.165) is 12.2 Å². The molecule has 0 amide bonds. The molecular formula is C9H11N2. The van der Waals surface area contributed by atoms with Gasteiger partial charge in [-0.25, -0.2) is 0 Å². The fourth-order valence-corrected chi connectivity index (χ4v) is 1.45. The van der Waals surface area contributed by atoms with E-state index in [1.54, 1.807) is 0 Å². The number of aromatic nitrogens is 1. The lowest BCUT2D eigenvalue weighted by molar-refractivity contribution is 0.627. The van der Waals surface area contributed by atoms with Crippen LogP contribution in [0, 0.1) is 6.07 Å². The molecule has 1 fully saturated rings. The molecule has 0 spiro atoms. The van der Waals surface area contributed by atoms with Gasteiger partial charge in [-0.15, -0.1) is 0 Å². The molecule has 0 aliphatic carbocycles. The molecule has 0 bridgehead atoms. The molecule has 0 aromatic carbocycles. The second-order valence-electron chi connectivity index (χ2n) is 2.82. The molecule has 2 heteroatoms. The van der Waals surface area contributed by atoms with Crippen LogP contribution in [-0.4, -0.2) is 11.5 Å². The Balaban J connectivity index is 2.16. The number of hydrogen-bond donors (Lipinski definition) is 1. The second-order valence-corrected chi connectivity index (χ2v) is 2.82. The van der Waals surface area contributed by atoms with Crippen LogP contribution in [0.3, 0.4) is 0 Å². The normalized spacial score (nSPS) is 23.8. The van der Waals surface area contributed by atoms with Gasteiger partial charge in [-0.1, -0.05) is 6.07 Å². The summed E-state index contributed by atoms with van der Waals surface area (Å²) in [4.78, 5) is 4.24. The second kappa shape index (κ2) is 3.01. The van der Waals surface area contributed by atoms with Crippen LogP contribution in [0.2, 0.25) is 0 Å². The summed E-state index contributed by atoms with van der Waals surface area (Å²) in [6.45, 7) is 1.12. The van der Waals surface area contributed by atoms with Gasteiger partial charge in [0, 0.05) is 12.3 Å². The lowest BCUT2D eigenvalue weighted by Gasteiger charge is -2.06. The van der Waals surface area contributed by atoms with Crippen molar-refractivity contribution in [2.45, 2.75) is 18.9 Å². The third-order valence-corrected chi connectivity index (χ3v) is 2.02. The lowest BCUT2D eigenvalue weighted by atomic mass is 10.1. The predicted molar refractivity (Wildman–Crippen MR) is 43.1 cm³/mol. The molecule has 2 rings (SSSR count). The van der Waals surface area contributed by atoms with Crippen molar-refractivity contribution < 1.29 is 0 Å². The minimum Gasteiger partial charge on any atom is -0.309 e. The highest BCUT2D eigenvalue weighted by molar-refractivity contribution is 5.07. The van der Waals surface area contributed by atoms with Crippen molar-refractivity contribution in [1.82, 2.24) is 10.3 Å². The molecule has 1 atom stereocenters. The van der Waals surface area contributed by atoms with E-state index in [1.165, 1.54) is 12.8 Å². The van der Waals surface area contributed by atoms with Crippen molar-refractivity contribution in [3.05, 3.63) is 30.1 Å². The van der Waals surface area contributed by atoms with Crippen molar-refractivity contribution in [2.24, 2.45) is 0 Å². The molecule has 57 valence electrons. The highest BCUT2D eigenvalue weighted by Gasteiger charge is 2.16. The molecule has 1 N–H and O–H groups in total. The Kier molecular flexibility index (Phi) is 1.86. The molecule has 1 radical (unpaired) electrons. The van der Waals surface area contributed by atoms with Crippen LogP contribution in [0.1, 0.15) is 24.6 Å². The average molecular weight is 147 g/mol. The Hall–Kier alpha value is -0.890. The van der Waals surface area contributed by atoms with E-state index >= 15 is 0 Å². The first-order chi connectivity index (χ1) is 5.47. The van der Waals surface area contributed by atoms with Crippen molar-refractivity contribution in [3.63, 3.8) is 0 Å². The number of rotatable bonds is 1. The van der Waals surface area contributed by atoms with Crippen LogP contribution >= 0.6 is 0 Å². The van der Waals surface area contributed by atoms with Crippen LogP contribution in [-0.2, 0) is 0 Å². The summed E-state index contributed by atoms with van der Waals surface area (Å²) in [7, 11) is 0. The average Bonchev–Trinajstić information content (AvgIpc) is 2.58. The van der Waals surface area contributed by atoms with Crippen LogP contribution in [0.4, 0.5) is 0 Å². The number of nitrogens with zero attached hydrogens (tertiary/aromatic N) is 1. The molecule has 1 aliphatic rings. The molecule has 2 nitrogen and oxygen atoms in total. The van der Waals surface area contributed by atoms with Crippen molar-refractivity contribution >= 4 is 0 Å². The zero-order valence-corrected chi connectivity index (χ0v) is 6.38. The van der Waals surface area contributed by atoms with E-state index in [9.17, 15) is 0 Å². The van der Waals surface area contributed by atoms with Crippen LogP contribution in [0.5, 0.6) is 0 Å². The van der Waals surface area contributed by atoms with Crippen LogP contribution in [0.15, 0.2) is 18.3 Å². The van der Waals surface area contributed by atoms with Gasteiger partial charge >= 0.3 is 0 Å². The van der Waals surface area contributed by atoms with Crippen molar-refractivity contribution in [1.29, 1.82) is 0 Å². The van der Waals surface area contributed by atoms with Crippen molar-refractivity contribution in [3.8, 4) is 0 Å². The van der Waals surface area contributed by atoms with Crippen LogP contribution in [0.25, 0.3) is 0 Å². The molecule has 0 saturated carbocycles. The van der Waals surface area contributed by atoms with E-state index in [1.807, 2.05) is 18.3 Å². The molecule has 1 unspecified atom stereocenters. The van der Waals surface area contributed by atoms with E-state index < -0.39 is 0 Å². The lowest BCUT2D eigenvalue weighted by Crippen LogP contribution is -2.13. The number of nitrogens with one attached hydrogen (secondary N) is 1. The van der Waals surface area contributed by atoms with Gasteiger partial charge < -0.3 is 5.32 Å². The first-order valence-electron chi connectivity index (χ1n) is 4.03. The zero-order chi connectivity index (χ0) is 7.52. The summed E-state index contributed by atoms with van der Waals surface area (Å²) in [6.07, 6.45) is 4.29. The summed E-state index contributed by atoms with van der Waals surface area (Å²) in [6, 6.07) is 7.41. The maximum absolute atomic E-state index is 4.24. The molecule has 1 aliphatic heterocycles. The summed E-state index contributed by atoms with van der Waals surface area (Å²) >= 11 is 0. The van der Waals surface area contributed by atoms with Gasteiger partial charge in [0.1, 0.15) is 0 Å². The third-order valence-electron chi connectivity index (χ3n) is 2.02. The van der Waals surface area contributed by atoms with Gasteiger partial charge in [-0.3, -0.25) is 4.98 Å². The largest absolute Gasteiger partial charge is 0.309 e. The number of hydrogen-bond acceptors (Lipinski definition) is 2.